The van der Waals surface area contributed by atoms with Crippen molar-refractivity contribution in [2.75, 3.05) is 23.4 Å². The number of carbonyl (C=O) groups excluding carboxylic acids is 2. The molecule has 0 spiro atoms. The van der Waals surface area contributed by atoms with E-state index in [1.54, 1.807) is 25.1 Å². The largest absolute Gasteiger partial charge is 0.462 e. The van der Waals surface area contributed by atoms with Crippen LogP contribution in [0.3, 0.4) is 0 Å². The highest BCUT2D eigenvalue weighted by atomic mass is 35.5. The van der Waals surface area contributed by atoms with Gasteiger partial charge in [-0.25, -0.2) is 4.79 Å². The number of esters is 1. The number of ether oxygens (including phenoxy) is 1. The van der Waals surface area contributed by atoms with Crippen molar-refractivity contribution in [3.05, 3.63) is 52.9 Å². The van der Waals surface area contributed by atoms with Crippen LogP contribution in [0, 0.1) is 0 Å². The van der Waals surface area contributed by atoms with Gasteiger partial charge < -0.3 is 10.1 Å². The van der Waals surface area contributed by atoms with E-state index >= 15 is 0 Å². The predicted molar refractivity (Wildman–Crippen MR) is 107 cm³/mol. The summed E-state index contributed by atoms with van der Waals surface area (Å²) in [6.07, 6.45) is 1.74. The summed E-state index contributed by atoms with van der Waals surface area (Å²) in [5.74, 6) is 0.366. The fourth-order valence-electron chi connectivity index (χ4n) is 2.10. The monoisotopic (exact) mass is 395 g/mol. The maximum Gasteiger partial charge on any atom is 0.341 e. The smallest absolute Gasteiger partial charge is 0.341 e. The highest BCUT2D eigenvalue weighted by Gasteiger charge is 2.22. The van der Waals surface area contributed by atoms with Crippen molar-refractivity contribution in [1.29, 1.82) is 0 Å². The van der Waals surface area contributed by atoms with Gasteiger partial charge in [0.25, 0.3) is 0 Å². The number of anilines is 1. The average molecular weight is 396 g/mol. The van der Waals surface area contributed by atoms with Gasteiger partial charge in [-0.15, -0.1) is 29.7 Å². The van der Waals surface area contributed by atoms with Gasteiger partial charge in [-0.2, -0.15) is 0 Å². The number of rotatable bonds is 8. The first-order chi connectivity index (χ1) is 12.1. The van der Waals surface area contributed by atoms with Crippen LogP contribution in [0.1, 0.15) is 17.3 Å². The first kappa shape index (κ1) is 19.6. The van der Waals surface area contributed by atoms with Gasteiger partial charge in [0.2, 0.25) is 5.91 Å². The maximum absolute atomic E-state index is 12.4. The highest BCUT2D eigenvalue weighted by molar-refractivity contribution is 8.00. The van der Waals surface area contributed by atoms with E-state index in [2.05, 4.69) is 11.9 Å². The fourth-order valence-corrected chi connectivity index (χ4v) is 3.74. The Hall–Kier alpha value is -1.76. The van der Waals surface area contributed by atoms with Crippen LogP contribution in [0.15, 0.2) is 42.3 Å². The van der Waals surface area contributed by atoms with Crippen LogP contribution in [-0.4, -0.2) is 30.0 Å². The van der Waals surface area contributed by atoms with E-state index in [1.807, 2.05) is 17.5 Å². The molecular weight excluding hydrogens is 378 g/mol. The molecule has 0 saturated carbocycles. The number of carbonyl (C=O) groups is 2. The lowest BCUT2D eigenvalue weighted by Gasteiger charge is -2.09. The average Bonchev–Trinajstić information content (AvgIpc) is 2.99. The Bertz CT molecular complexity index is 756. The lowest BCUT2D eigenvalue weighted by molar-refractivity contribution is -0.113. The minimum absolute atomic E-state index is 0.165. The number of halogens is 1. The van der Waals surface area contributed by atoms with Crippen LogP contribution in [-0.2, 0) is 9.53 Å². The van der Waals surface area contributed by atoms with E-state index in [9.17, 15) is 9.59 Å². The normalized spacial score (nSPS) is 10.3. The molecule has 0 aliphatic heterocycles. The highest BCUT2D eigenvalue weighted by Crippen LogP contribution is 2.36. The van der Waals surface area contributed by atoms with E-state index in [1.165, 1.54) is 23.1 Å². The first-order valence-electron chi connectivity index (χ1n) is 7.59. The van der Waals surface area contributed by atoms with Gasteiger partial charge >= 0.3 is 5.97 Å². The Morgan fingerprint density at radius 1 is 1.36 bits per heavy atom. The lowest BCUT2D eigenvalue weighted by atomic mass is 10.0. The molecule has 4 nitrogen and oxygen atoms in total. The Kier molecular flexibility index (Phi) is 7.55. The van der Waals surface area contributed by atoms with Crippen LogP contribution in [0.2, 0.25) is 5.02 Å². The van der Waals surface area contributed by atoms with E-state index < -0.39 is 5.97 Å². The molecule has 1 heterocycles. The van der Waals surface area contributed by atoms with Gasteiger partial charge in [0.1, 0.15) is 10.6 Å². The second-order valence-corrected chi connectivity index (χ2v) is 7.28. The summed E-state index contributed by atoms with van der Waals surface area (Å²) in [6.45, 7) is 5.63. The Morgan fingerprint density at radius 2 is 2.08 bits per heavy atom. The molecule has 0 unspecified atom stereocenters. The molecule has 0 radical (unpaired) electrons. The quantitative estimate of drug-likeness (QED) is 0.383. The van der Waals surface area contributed by atoms with Gasteiger partial charge in [0, 0.05) is 21.7 Å². The summed E-state index contributed by atoms with van der Waals surface area (Å²) < 4.78 is 5.16. The van der Waals surface area contributed by atoms with Crippen molar-refractivity contribution in [1.82, 2.24) is 0 Å². The van der Waals surface area contributed by atoms with Gasteiger partial charge in [-0.05, 0) is 24.6 Å². The van der Waals surface area contributed by atoms with Crippen LogP contribution in [0.25, 0.3) is 11.1 Å². The fraction of sp³-hybridized carbons (Fsp3) is 0.222. The second-order valence-electron chi connectivity index (χ2n) is 4.93. The van der Waals surface area contributed by atoms with Crippen molar-refractivity contribution in [2.24, 2.45) is 0 Å². The van der Waals surface area contributed by atoms with Crippen molar-refractivity contribution in [3.8, 4) is 11.1 Å². The third-order valence-electron chi connectivity index (χ3n) is 3.15. The third kappa shape index (κ3) is 5.36. The maximum atomic E-state index is 12.4. The Labute approximate surface area is 160 Å². The van der Waals surface area contributed by atoms with Crippen molar-refractivity contribution >= 4 is 51.6 Å². The molecule has 2 rings (SSSR count). The number of benzene rings is 1. The molecule has 0 aliphatic rings. The summed E-state index contributed by atoms with van der Waals surface area (Å²) in [5, 5.41) is 5.75. The molecule has 132 valence electrons. The summed E-state index contributed by atoms with van der Waals surface area (Å²) in [7, 11) is 0. The van der Waals surface area contributed by atoms with Gasteiger partial charge in [-0.3, -0.25) is 4.79 Å². The summed E-state index contributed by atoms with van der Waals surface area (Å²) in [5.41, 5.74) is 1.93. The topological polar surface area (TPSA) is 55.4 Å². The molecule has 1 N–H and O–H groups in total. The summed E-state index contributed by atoms with van der Waals surface area (Å²) in [6, 6.07) is 7.18. The van der Waals surface area contributed by atoms with Gasteiger partial charge in [0.05, 0.1) is 12.4 Å². The molecular formula is C18H18ClNO3S2. The van der Waals surface area contributed by atoms with E-state index in [-0.39, 0.29) is 12.5 Å². The molecule has 2 aromatic rings. The third-order valence-corrected chi connectivity index (χ3v) is 5.23. The summed E-state index contributed by atoms with van der Waals surface area (Å²) in [4.78, 5) is 24.5. The number of nitrogens with one attached hydrogen (secondary N) is 1. The molecule has 0 atom stereocenters. The number of thioether (sulfide) groups is 1. The number of hydrogen-bond donors (Lipinski definition) is 1. The zero-order valence-electron chi connectivity index (χ0n) is 13.7. The molecule has 0 aliphatic carbocycles. The summed E-state index contributed by atoms with van der Waals surface area (Å²) >= 11 is 8.69. The lowest BCUT2D eigenvalue weighted by Crippen LogP contribution is -2.16. The molecule has 7 heteroatoms. The SMILES string of the molecule is C=CCSCC(=O)Nc1scc(-c2ccc(Cl)cc2)c1C(=O)OCC. The van der Waals surface area contributed by atoms with Crippen LogP contribution in [0.5, 0.6) is 0 Å². The van der Waals surface area contributed by atoms with Crippen molar-refractivity contribution < 1.29 is 14.3 Å². The van der Waals surface area contributed by atoms with Crippen molar-refractivity contribution in [3.63, 3.8) is 0 Å². The predicted octanol–water partition coefficient (Wildman–Crippen LogP) is 5.10. The van der Waals surface area contributed by atoms with Gasteiger partial charge in [-0.1, -0.05) is 29.8 Å². The minimum atomic E-state index is -0.456. The van der Waals surface area contributed by atoms with Crippen molar-refractivity contribution in [2.45, 2.75) is 6.92 Å². The molecule has 0 fully saturated rings. The Balaban J connectivity index is 2.30. The molecule has 25 heavy (non-hydrogen) atoms. The first-order valence-corrected chi connectivity index (χ1v) is 10.0. The zero-order valence-corrected chi connectivity index (χ0v) is 16.1. The number of hydrogen-bond acceptors (Lipinski definition) is 5. The molecule has 0 saturated heterocycles. The standard InChI is InChI=1S/C18H18ClNO3S2/c1-3-9-24-11-15(21)20-17-16(18(22)23-4-2)14(10-25-17)12-5-7-13(19)8-6-12/h3,5-8,10H,1,4,9,11H2,2H3,(H,20,21). The van der Waals surface area contributed by atoms with E-state index in [4.69, 9.17) is 16.3 Å². The molecule has 1 amide bonds. The molecule has 1 aromatic heterocycles. The van der Waals surface area contributed by atoms with Crippen LogP contribution < -0.4 is 5.32 Å². The molecule has 0 bridgehead atoms. The Morgan fingerprint density at radius 3 is 2.72 bits per heavy atom. The second kappa shape index (κ2) is 9.65. The minimum Gasteiger partial charge on any atom is -0.462 e. The molecule has 1 aromatic carbocycles. The van der Waals surface area contributed by atoms with E-state index in [0.717, 1.165) is 5.56 Å². The van der Waals surface area contributed by atoms with E-state index in [0.29, 0.717) is 32.7 Å². The van der Waals surface area contributed by atoms with Crippen LogP contribution >= 0.6 is 34.7 Å². The van der Waals surface area contributed by atoms with Crippen LogP contribution in [0.4, 0.5) is 5.00 Å². The van der Waals surface area contributed by atoms with Gasteiger partial charge in [0.15, 0.2) is 0 Å². The number of thiophene rings is 1. The zero-order chi connectivity index (χ0) is 18.2. The number of amides is 1.